The molecule has 33 heavy (non-hydrogen) atoms. The molecule has 6 aliphatic rings. The summed E-state index contributed by atoms with van der Waals surface area (Å²) in [6, 6.07) is 0. The summed E-state index contributed by atoms with van der Waals surface area (Å²) in [7, 11) is 1.21. The van der Waals surface area contributed by atoms with E-state index < -0.39 is 50.7 Å². The second-order valence-electron chi connectivity index (χ2n) is 12.2. The van der Waals surface area contributed by atoms with Crippen molar-refractivity contribution in [3.05, 3.63) is 11.6 Å². The van der Waals surface area contributed by atoms with Gasteiger partial charge in [0.2, 0.25) is 0 Å². The predicted molar refractivity (Wildman–Crippen MR) is 117 cm³/mol. The van der Waals surface area contributed by atoms with Gasteiger partial charge in [0, 0.05) is 11.3 Å². The molecule has 0 aromatic rings. The molecule has 0 amide bonds. The number of allylic oxidation sites excluding steroid dienone is 2. The minimum absolute atomic E-state index is 0.0268. The molecule has 0 aromatic carbocycles. The Balaban J connectivity index is 1.87. The second kappa shape index (κ2) is 5.96. The number of Topliss-reactive ketones (excluding diaryl/α,β-unsaturated/α-hetero) is 2. The van der Waals surface area contributed by atoms with Crippen LogP contribution in [0.5, 0.6) is 0 Å². The summed E-state index contributed by atoms with van der Waals surface area (Å²) < 4.78 is 11.2. The van der Waals surface area contributed by atoms with E-state index in [4.69, 9.17) is 9.47 Å². The fourth-order valence-corrected chi connectivity index (χ4v) is 9.31. The normalized spacial score (nSPS) is 51.8. The zero-order chi connectivity index (χ0) is 24.6. The van der Waals surface area contributed by atoms with Crippen LogP contribution in [0.1, 0.15) is 67.2 Å². The Kier molecular flexibility index (Phi) is 4.11. The minimum atomic E-state index is -2.32. The molecule has 0 radical (unpaired) electrons. The van der Waals surface area contributed by atoms with Crippen LogP contribution in [0.3, 0.4) is 0 Å². The SMILES string of the molecule is COC(=O)[C@]12C(=O)[C@@](C)(O)C(=O)[C@]1(C)C(C)=C[C@H]1[C@@]34CC[C@@H](OC3=O)C(C)(C)[C@@H]4CC[C@@]12C. The van der Waals surface area contributed by atoms with E-state index in [2.05, 4.69) is 13.8 Å². The molecule has 4 aliphatic carbocycles. The quantitative estimate of drug-likeness (QED) is 0.366. The lowest BCUT2D eigenvalue weighted by molar-refractivity contribution is -0.262. The lowest BCUT2D eigenvalue weighted by atomic mass is 9.33. The number of esters is 2. The summed E-state index contributed by atoms with van der Waals surface area (Å²) in [6.45, 7) is 10.6. The summed E-state index contributed by atoms with van der Waals surface area (Å²) in [5.41, 5.74) is -7.55. The van der Waals surface area contributed by atoms with E-state index in [1.165, 1.54) is 14.0 Å². The fraction of sp³-hybridized carbons (Fsp3) is 0.769. The molecule has 0 unspecified atom stereocenters. The van der Waals surface area contributed by atoms with E-state index >= 15 is 0 Å². The highest BCUT2D eigenvalue weighted by Crippen LogP contribution is 2.78. The number of hydrogen-bond acceptors (Lipinski definition) is 7. The van der Waals surface area contributed by atoms with Gasteiger partial charge >= 0.3 is 11.9 Å². The number of carbonyl (C=O) groups excluding carboxylic acids is 4. The highest BCUT2D eigenvalue weighted by Gasteiger charge is 2.86. The van der Waals surface area contributed by atoms with Crippen molar-refractivity contribution >= 4 is 23.5 Å². The van der Waals surface area contributed by atoms with Crippen LogP contribution in [-0.2, 0) is 28.7 Å². The van der Waals surface area contributed by atoms with Gasteiger partial charge in [-0.15, -0.1) is 0 Å². The van der Waals surface area contributed by atoms with Gasteiger partial charge in [0.1, 0.15) is 6.10 Å². The molecule has 2 aliphatic heterocycles. The Morgan fingerprint density at radius 1 is 1.06 bits per heavy atom. The second-order valence-corrected chi connectivity index (χ2v) is 12.2. The molecule has 5 fully saturated rings. The average Bonchev–Trinajstić information content (AvgIpc) is 2.87. The van der Waals surface area contributed by atoms with Crippen molar-refractivity contribution in [2.75, 3.05) is 7.11 Å². The third kappa shape index (κ3) is 1.94. The van der Waals surface area contributed by atoms with Crippen LogP contribution >= 0.6 is 0 Å². The first-order chi connectivity index (χ1) is 15.1. The topological polar surface area (TPSA) is 107 Å². The zero-order valence-corrected chi connectivity index (χ0v) is 20.5. The Bertz CT molecular complexity index is 1050. The Hall–Kier alpha value is -2.02. The van der Waals surface area contributed by atoms with Crippen LogP contribution in [0, 0.1) is 38.9 Å². The minimum Gasteiger partial charge on any atom is -0.468 e. The van der Waals surface area contributed by atoms with Gasteiger partial charge in [0.15, 0.2) is 22.6 Å². The Morgan fingerprint density at radius 2 is 1.70 bits per heavy atom. The third-order valence-electron chi connectivity index (χ3n) is 11.0. The molecule has 7 nitrogen and oxygen atoms in total. The Morgan fingerprint density at radius 3 is 2.27 bits per heavy atom. The third-order valence-corrected chi connectivity index (χ3v) is 11.0. The van der Waals surface area contributed by atoms with E-state index in [1.54, 1.807) is 13.8 Å². The van der Waals surface area contributed by atoms with E-state index in [1.807, 2.05) is 13.0 Å². The monoisotopic (exact) mass is 458 g/mol. The van der Waals surface area contributed by atoms with Gasteiger partial charge in [-0.3, -0.25) is 19.2 Å². The predicted octanol–water partition coefficient (Wildman–Crippen LogP) is 2.78. The van der Waals surface area contributed by atoms with Gasteiger partial charge in [-0.2, -0.15) is 0 Å². The highest BCUT2D eigenvalue weighted by atomic mass is 16.6. The van der Waals surface area contributed by atoms with Crippen molar-refractivity contribution in [2.24, 2.45) is 38.9 Å². The number of fused-ring (bicyclic) bond motifs is 5. The van der Waals surface area contributed by atoms with Crippen molar-refractivity contribution in [2.45, 2.75) is 78.9 Å². The molecular formula is C26H34O7. The first-order valence-corrected chi connectivity index (χ1v) is 11.9. The van der Waals surface area contributed by atoms with Crippen LogP contribution in [-0.4, -0.2) is 47.4 Å². The molecule has 1 N–H and O–H groups in total. The summed E-state index contributed by atoms with van der Waals surface area (Å²) >= 11 is 0. The van der Waals surface area contributed by atoms with Crippen molar-refractivity contribution < 1.29 is 33.8 Å². The van der Waals surface area contributed by atoms with Crippen molar-refractivity contribution in [3.63, 3.8) is 0 Å². The first-order valence-electron chi connectivity index (χ1n) is 11.9. The Labute approximate surface area is 194 Å². The van der Waals surface area contributed by atoms with E-state index in [9.17, 15) is 24.3 Å². The number of aliphatic hydroxyl groups is 1. The molecule has 6 rings (SSSR count). The molecular weight excluding hydrogens is 424 g/mol. The van der Waals surface area contributed by atoms with Crippen LogP contribution in [0.15, 0.2) is 11.6 Å². The zero-order valence-electron chi connectivity index (χ0n) is 20.5. The van der Waals surface area contributed by atoms with Gasteiger partial charge in [0.05, 0.1) is 17.9 Å². The van der Waals surface area contributed by atoms with Crippen molar-refractivity contribution in [1.29, 1.82) is 0 Å². The standard InChI is InChI=1S/C26H34O7/c1-13-12-15-22(4,10-8-14-21(2,3)16-9-11-25(14,15)19(29)33-16)26(20(30)32-7)18(28)24(6,31)17(27)23(13,26)5/h12,14-16,31H,8-11H2,1-7H3/t14-,15+,16+,22-,23-,24-,25-,26-/m0/s1. The van der Waals surface area contributed by atoms with Gasteiger partial charge in [-0.05, 0) is 57.8 Å². The smallest absolute Gasteiger partial charge is 0.321 e. The maximum atomic E-state index is 14.1. The van der Waals surface area contributed by atoms with Gasteiger partial charge < -0.3 is 14.6 Å². The molecule has 2 bridgehead atoms. The largest absolute Gasteiger partial charge is 0.468 e. The van der Waals surface area contributed by atoms with Crippen LogP contribution in [0.4, 0.5) is 0 Å². The number of ketones is 2. The molecule has 7 heteroatoms. The van der Waals surface area contributed by atoms with Crippen LogP contribution in [0.2, 0.25) is 0 Å². The molecule has 1 spiro atoms. The summed E-state index contributed by atoms with van der Waals surface area (Å²) in [4.78, 5) is 55.1. The summed E-state index contributed by atoms with van der Waals surface area (Å²) in [5, 5.41) is 11.1. The van der Waals surface area contributed by atoms with Gasteiger partial charge in [0.25, 0.3) is 0 Å². The average molecular weight is 459 g/mol. The molecule has 3 saturated carbocycles. The number of ether oxygens (including phenoxy) is 2. The van der Waals surface area contributed by atoms with Crippen LogP contribution < -0.4 is 0 Å². The summed E-state index contributed by atoms with van der Waals surface area (Å²) in [6.07, 6.45) is 4.21. The van der Waals surface area contributed by atoms with E-state index in [0.717, 1.165) is 6.42 Å². The molecule has 8 atom stereocenters. The van der Waals surface area contributed by atoms with Gasteiger partial charge in [-0.1, -0.05) is 32.4 Å². The number of hydrogen-bond donors (Lipinski definition) is 1. The van der Waals surface area contributed by atoms with Crippen LogP contribution in [0.25, 0.3) is 0 Å². The number of carbonyl (C=O) groups is 4. The van der Waals surface area contributed by atoms with Gasteiger partial charge in [-0.25, -0.2) is 0 Å². The lowest BCUT2D eigenvalue weighted by Crippen LogP contribution is -2.74. The molecule has 2 saturated heterocycles. The molecule has 2 heterocycles. The number of rotatable bonds is 1. The highest BCUT2D eigenvalue weighted by molar-refractivity contribution is 6.30. The summed E-state index contributed by atoms with van der Waals surface area (Å²) in [5.74, 6) is -3.06. The van der Waals surface area contributed by atoms with E-state index in [-0.39, 0.29) is 23.4 Å². The van der Waals surface area contributed by atoms with E-state index in [0.29, 0.717) is 24.8 Å². The van der Waals surface area contributed by atoms with Crippen molar-refractivity contribution in [3.8, 4) is 0 Å². The maximum absolute atomic E-state index is 14.1. The van der Waals surface area contributed by atoms with Crippen molar-refractivity contribution in [1.82, 2.24) is 0 Å². The number of methoxy groups -OCH3 is 1. The molecule has 0 aromatic heterocycles. The first kappa shape index (κ1) is 22.8. The molecule has 180 valence electrons. The lowest BCUT2D eigenvalue weighted by Gasteiger charge is -2.70. The maximum Gasteiger partial charge on any atom is 0.321 e. The fourth-order valence-electron chi connectivity index (χ4n) is 9.31.